The number of carboxylic acids is 1. The van der Waals surface area contributed by atoms with Gasteiger partial charge in [-0.2, -0.15) is 0 Å². The van der Waals surface area contributed by atoms with Gasteiger partial charge in [0.05, 0.1) is 6.54 Å². The zero-order valence-corrected chi connectivity index (χ0v) is 11.5. The fourth-order valence-corrected chi connectivity index (χ4v) is 2.57. The Kier molecular flexibility index (Phi) is 4.15. The number of carbonyl (C=O) groups is 3. The van der Waals surface area contributed by atoms with E-state index in [9.17, 15) is 24.6 Å². The predicted molar refractivity (Wildman–Crippen MR) is 72.6 cm³/mol. The summed E-state index contributed by atoms with van der Waals surface area (Å²) in [6, 6.07) is 4.88. The molecule has 2 amide bonds. The third-order valence-electron chi connectivity index (χ3n) is 3.66. The van der Waals surface area contributed by atoms with Gasteiger partial charge in [0, 0.05) is 31.4 Å². The molecule has 0 bridgehead atoms. The van der Waals surface area contributed by atoms with Crippen molar-refractivity contribution in [2.45, 2.75) is 12.0 Å². The highest BCUT2D eigenvalue weighted by molar-refractivity contribution is 5.86. The molecular formula is C13H15N3O6. The lowest BCUT2D eigenvalue weighted by Gasteiger charge is -2.45. The molecule has 1 aliphatic heterocycles. The number of amides is 2. The van der Waals surface area contributed by atoms with E-state index >= 15 is 0 Å². The maximum Gasteiger partial charge on any atom is 0.408 e. The predicted octanol–water partition coefficient (Wildman–Crippen LogP) is 0.421. The second-order valence-corrected chi connectivity index (χ2v) is 4.97. The molecule has 0 radical (unpaired) electrons. The van der Waals surface area contributed by atoms with Crippen molar-refractivity contribution in [2.24, 2.45) is 0 Å². The minimum atomic E-state index is -1.89. The van der Waals surface area contributed by atoms with E-state index in [1.165, 1.54) is 6.20 Å². The van der Waals surface area contributed by atoms with Crippen molar-refractivity contribution in [1.29, 1.82) is 0 Å². The summed E-state index contributed by atoms with van der Waals surface area (Å²) in [5, 5.41) is 28.0. The summed E-state index contributed by atoms with van der Waals surface area (Å²) in [7, 11) is 0. The SMILES string of the molecule is O=C(O)N1CCN(C(=O)O)C(Cc2ccccn2)(C(=O)O)C1. The lowest BCUT2D eigenvalue weighted by atomic mass is 9.88. The number of pyridine rings is 1. The standard InChI is InChI=1S/C13H15N3O6/c17-10(18)13(7-9-3-1-2-4-14-9)8-15(11(19)20)5-6-16(13)12(21)22/h1-4H,5-8H2,(H,17,18)(H,19,20)(H,21,22). The van der Waals surface area contributed by atoms with Crippen LogP contribution in [0.3, 0.4) is 0 Å². The molecule has 0 aromatic carbocycles. The van der Waals surface area contributed by atoms with Crippen molar-refractivity contribution >= 4 is 18.2 Å². The number of piperazine rings is 1. The summed E-state index contributed by atoms with van der Waals surface area (Å²) >= 11 is 0. The lowest BCUT2D eigenvalue weighted by molar-refractivity contribution is -0.154. The van der Waals surface area contributed by atoms with E-state index in [0.717, 1.165) is 9.80 Å². The first kappa shape index (κ1) is 15.5. The minimum Gasteiger partial charge on any atom is -0.479 e. The molecule has 9 nitrogen and oxygen atoms in total. The summed E-state index contributed by atoms with van der Waals surface area (Å²) in [6.45, 7) is -0.722. The van der Waals surface area contributed by atoms with Gasteiger partial charge in [-0.1, -0.05) is 6.07 Å². The highest BCUT2D eigenvalue weighted by Crippen LogP contribution is 2.26. The van der Waals surface area contributed by atoms with Crippen molar-refractivity contribution in [1.82, 2.24) is 14.8 Å². The van der Waals surface area contributed by atoms with Crippen LogP contribution >= 0.6 is 0 Å². The summed E-state index contributed by atoms with van der Waals surface area (Å²) in [5.41, 5.74) is -1.51. The van der Waals surface area contributed by atoms with Crippen molar-refractivity contribution in [3.8, 4) is 0 Å². The van der Waals surface area contributed by atoms with Gasteiger partial charge in [0.1, 0.15) is 0 Å². The highest BCUT2D eigenvalue weighted by atomic mass is 16.4. The van der Waals surface area contributed by atoms with E-state index in [2.05, 4.69) is 4.98 Å². The molecule has 22 heavy (non-hydrogen) atoms. The zero-order valence-electron chi connectivity index (χ0n) is 11.5. The molecule has 0 saturated carbocycles. The topological polar surface area (TPSA) is 131 Å². The first-order valence-electron chi connectivity index (χ1n) is 6.48. The molecule has 2 rings (SSSR count). The van der Waals surface area contributed by atoms with Crippen LogP contribution in [0.5, 0.6) is 0 Å². The van der Waals surface area contributed by atoms with Crippen LogP contribution < -0.4 is 0 Å². The van der Waals surface area contributed by atoms with Crippen LogP contribution in [0.2, 0.25) is 0 Å². The van der Waals surface area contributed by atoms with E-state index in [1.54, 1.807) is 18.2 Å². The Bertz CT molecular complexity index is 593. The number of carboxylic acid groups (broad SMARTS) is 3. The van der Waals surface area contributed by atoms with Crippen LogP contribution in [-0.4, -0.2) is 73.4 Å². The number of aromatic nitrogens is 1. The molecule has 1 aliphatic rings. The van der Waals surface area contributed by atoms with Crippen molar-refractivity contribution in [3.05, 3.63) is 30.1 Å². The Morgan fingerprint density at radius 2 is 1.86 bits per heavy atom. The van der Waals surface area contributed by atoms with Gasteiger partial charge in [-0.3, -0.25) is 9.88 Å². The largest absolute Gasteiger partial charge is 0.479 e. The van der Waals surface area contributed by atoms with Gasteiger partial charge >= 0.3 is 18.2 Å². The molecule has 1 aromatic rings. The zero-order chi connectivity index (χ0) is 16.3. The van der Waals surface area contributed by atoms with Gasteiger partial charge in [-0.25, -0.2) is 14.4 Å². The van der Waals surface area contributed by atoms with Gasteiger partial charge in [0.15, 0.2) is 5.54 Å². The molecule has 1 aromatic heterocycles. The molecule has 1 fully saturated rings. The fraction of sp³-hybridized carbons (Fsp3) is 0.385. The molecule has 0 aliphatic carbocycles. The first-order chi connectivity index (χ1) is 10.4. The molecule has 1 saturated heterocycles. The van der Waals surface area contributed by atoms with E-state index in [4.69, 9.17) is 5.11 Å². The minimum absolute atomic E-state index is 0.0706. The number of hydrogen-bond acceptors (Lipinski definition) is 4. The van der Waals surface area contributed by atoms with Crippen molar-refractivity contribution in [2.75, 3.05) is 19.6 Å². The second kappa shape index (κ2) is 5.88. The maximum atomic E-state index is 11.8. The lowest BCUT2D eigenvalue weighted by Crippen LogP contribution is -2.69. The monoisotopic (exact) mass is 309 g/mol. The van der Waals surface area contributed by atoms with Crippen LogP contribution in [0.15, 0.2) is 24.4 Å². The van der Waals surface area contributed by atoms with Gasteiger partial charge in [-0.05, 0) is 12.1 Å². The quantitative estimate of drug-likeness (QED) is 0.737. The molecular weight excluding hydrogens is 294 g/mol. The number of rotatable bonds is 3. The van der Waals surface area contributed by atoms with Gasteiger partial charge < -0.3 is 20.2 Å². The average Bonchev–Trinajstić information content (AvgIpc) is 2.47. The summed E-state index contributed by atoms with van der Waals surface area (Å²) < 4.78 is 0. The van der Waals surface area contributed by atoms with Crippen molar-refractivity contribution in [3.63, 3.8) is 0 Å². The number of aliphatic carboxylic acids is 1. The van der Waals surface area contributed by atoms with Crippen LogP contribution in [0, 0.1) is 0 Å². The number of hydrogen-bond donors (Lipinski definition) is 3. The normalized spacial score (nSPS) is 21.5. The molecule has 3 N–H and O–H groups in total. The summed E-state index contributed by atoms with van der Waals surface area (Å²) in [6.07, 6.45) is -1.42. The van der Waals surface area contributed by atoms with E-state index < -0.39 is 30.2 Å². The van der Waals surface area contributed by atoms with E-state index in [1.807, 2.05) is 0 Å². The van der Waals surface area contributed by atoms with E-state index in [0.29, 0.717) is 5.69 Å². The first-order valence-corrected chi connectivity index (χ1v) is 6.48. The summed E-state index contributed by atoms with van der Waals surface area (Å²) in [4.78, 5) is 40.1. The molecule has 9 heteroatoms. The van der Waals surface area contributed by atoms with Crippen molar-refractivity contribution < 1.29 is 29.7 Å². The maximum absolute atomic E-state index is 11.8. The van der Waals surface area contributed by atoms with Crippen LogP contribution in [0.1, 0.15) is 5.69 Å². The Morgan fingerprint density at radius 3 is 2.36 bits per heavy atom. The Labute approximate surface area is 125 Å². The third-order valence-corrected chi connectivity index (χ3v) is 3.66. The van der Waals surface area contributed by atoms with Gasteiger partial charge in [0.25, 0.3) is 0 Å². The Hall–Kier alpha value is -2.84. The van der Waals surface area contributed by atoms with E-state index in [-0.39, 0.29) is 19.5 Å². The second-order valence-electron chi connectivity index (χ2n) is 4.97. The molecule has 2 heterocycles. The number of nitrogens with zero attached hydrogens (tertiary/aromatic N) is 3. The average molecular weight is 309 g/mol. The van der Waals surface area contributed by atoms with Gasteiger partial charge in [0.2, 0.25) is 0 Å². The molecule has 1 atom stereocenters. The van der Waals surface area contributed by atoms with Crippen LogP contribution in [0.25, 0.3) is 0 Å². The molecule has 0 spiro atoms. The molecule has 118 valence electrons. The van der Waals surface area contributed by atoms with Crippen LogP contribution in [0.4, 0.5) is 9.59 Å². The van der Waals surface area contributed by atoms with Gasteiger partial charge in [-0.15, -0.1) is 0 Å². The molecule has 1 unspecified atom stereocenters. The smallest absolute Gasteiger partial charge is 0.408 e. The Balaban J connectivity index is 2.43. The Morgan fingerprint density at radius 1 is 1.14 bits per heavy atom. The highest BCUT2D eigenvalue weighted by Gasteiger charge is 2.52. The van der Waals surface area contributed by atoms with Crippen LogP contribution in [-0.2, 0) is 11.2 Å². The summed E-state index contributed by atoms with van der Waals surface area (Å²) in [5.74, 6) is -1.40. The third kappa shape index (κ3) is 2.78. The fourth-order valence-electron chi connectivity index (χ4n) is 2.57.